The summed E-state index contributed by atoms with van der Waals surface area (Å²) in [6.45, 7) is 1.92. The standard InChI is InChI=1S/C13H16ClN3/c1-8-15-11-7-10(9-5-3-2-4-6-9)17-12(11)13(14)16-8/h7,9H,2-6H2,1H3,(H,15,16). The summed E-state index contributed by atoms with van der Waals surface area (Å²) in [5, 5.41) is 0.512. The van der Waals surface area contributed by atoms with Crippen molar-refractivity contribution in [2.24, 2.45) is 0 Å². The average molecular weight is 250 g/mol. The molecule has 1 N–H and O–H groups in total. The van der Waals surface area contributed by atoms with Crippen LogP contribution in [0.3, 0.4) is 0 Å². The number of rotatable bonds is 1. The highest BCUT2D eigenvalue weighted by Gasteiger charge is 2.22. The molecule has 0 saturated heterocycles. The van der Waals surface area contributed by atoms with Gasteiger partial charge in [0.25, 0.3) is 0 Å². The molecule has 0 aromatic rings. The minimum absolute atomic E-state index is 0.512. The summed E-state index contributed by atoms with van der Waals surface area (Å²) in [6.07, 6.45) is 6.52. The van der Waals surface area contributed by atoms with Gasteiger partial charge in [0.1, 0.15) is 11.5 Å². The molecule has 0 amide bonds. The zero-order chi connectivity index (χ0) is 11.8. The molecule has 4 heteroatoms. The molecule has 2 aliphatic heterocycles. The van der Waals surface area contributed by atoms with Gasteiger partial charge in [-0.2, -0.15) is 0 Å². The lowest BCUT2D eigenvalue weighted by atomic mass is 9.87. The number of fused-ring (bicyclic) bond motifs is 1. The van der Waals surface area contributed by atoms with E-state index in [0.717, 1.165) is 17.2 Å². The van der Waals surface area contributed by atoms with Crippen molar-refractivity contribution in [3.05, 3.63) is 22.7 Å². The number of aryl methyl sites for hydroxylation is 1. The van der Waals surface area contributed by atoms with Crippen molar-refractivity contribution in [1.82, 2.24) is 15.0 Å². The predicted octanol–water partition coefficient (Wildman–Crippen LogP) is 3.92. The minimum Gasteiger partial charge on any atom is -0.342 e. The molecule has 0 radical (unpaired) electrons. The number of aromatic amines is 1. The molecule has 90 valence electrons. The Kier molecular flexibility index (Phi) is 2.79. The molecule has 2 heterocycles. The third-order valence-electron chi connectivity index (χ3n) is 3.59. The number of aromatic nitrogens is 3. The second-order valence-electron chi connectivity index (χ2n) is 4.89. The van der Waals surface area contributed by atoms with Gasteiger partial charge in [0, 0.05) is 11.6 Å². The molecule has 1 aliphatic carbocycles. The van der Waals surface area contributed by atoms with Crippen molar-refractivity contribution in [2.45, 2.75) is 44.9 Å². The van der Waals surface area contributed by atoms with Crippen molar-refractivity contribution < 1.29 is 0 Å². The number of hydrogen-bond acceptors (Lipinski definition) is 2. The van der Waals surface area contributed by atoms with Gasteiger partial charge in [0.2, 0.25) is 0 Å². The van der Waals surface area contributed by atoms with Gasteiger partial charge in [-0.05, 0) is 25.8 Å². The van der Waals surface area contributed by atoms with Gasteiger partial charge in [0.05, 0.1) is 5.69 Å². The number of hydrogen-bond donors (Lipinski definition) is 1. The molecule has 0 atom stereocenters. The van der Waals surface area contributed by atoms with E-state index in [1.807, 2.05) is 6.92 Å². The number of nitrogens with zero attached hydrogens (tertiary/aromatic N) is 2. The van der Waals surface area contributed by atoms with Gasteiger partial charge in [-0.3, -0.25) is 0 Å². The second-order valence-corrected chi connectivity index (χ2v) is 5.25. The van der Waals surface area contributed by atoms with Crippen molar-refractivity contribution in [3.63, 3.8) is 0 Å². The van der Waals surface area contributed by atoms with Gasteiger partial charge in [-0.1, -0.05) is 30.9 Å². The maximum atomic E-state index is 6.12. The molecule has 3 aliphatic rings. The smallest absolute Gasteiger partial charge is 0.158 e. The summed E-state index contributed by atoms with van der Waals surface area (Å²) in [5.74, 6) is 1.45. The Bertz CT molecular complexity index is 500. The fourth-order valence-corrected chi connectivity index (χ4v) is 2.99. The lowest BCUT2D eigenvalue weighted by molar-refractivity contribution is 0.438. The highest BCUT2D eigenvalue weighted by molar-refractivity contribution is 6.31. The van der Waals surface area contributed by atoms with Crippen LogP contribution in [0.1, 0.15) is 49.5 Å². The van der Waals surface area contributed by atoms with E-state index in [9.17, 15) is 0 Å². The molecule has 1 saturated carbocycles. The van der Waals surface area contributed by atoms with E-state index in [0.29, 0.717) is 11.1 Å². The highest BCUT2D eigenvalue weighted by atomic mass is 35.5. The molecule has 0 spiro atoms. The average Bonchev–Trinajstić information content (AvgIpc) is 2.74. The van der Waals surface area contributed by atoms with Crippen LogP contribution in [0, 0.1) is 6.92 Å². The zero-order valence-electron chi connectivity index (χ0n) is 9.96. The van der Waals surface area contributed by atoms with Crippen molar-refractivity contribution >= 4 is 11.6 Å². The first-order valence-corrected chi connectivity index (χ1v) is 6.64. The quantitative estimate of drug-likeness (QED) is 0.779. The Labute approximate surface area is 106 Å². The summed E-state index contributed by atoms with van der Waals surface area (Å²) in [4.78, 5) is 12.1. The summed E-state index contributed by atoms with van der Waals surface area (Å²) < 4.78 is 0. The second kappa shape index (κ2) is 4.30. The molecule has 17 heavy (non-hydrogen) atoms. The van der Waals surface area contributed by atoms with E-state index in [1.165, 1.54) is 37.8 Å². The van der Waals surface area contributed by atoms with Crippen molar-refractivity contribution in [2.75, 3.05) is 0 Å². The van der Waals surface area contributed by atoms with Crippen LogP contribution in [0.15, 0.2) is 6.07 Å². The molecule has 0 unspecified atom stereocenters. The van der Waals surface area contributed by atoms with Gasteiger partial charge in [0.15, 0.2) is 5.15 Å². The Balaban J connectivity index is 2.01. The van der Waals surface area contributed by atoms with Crippen molar-refractivity contribution in [1.29, 1.82) is 0 Å². The van der Waals surface area contributed by atoms with Crippen LogP contribution < -0.4 is 0 Å². The Hall–Kier alpha value is -1.09. The molecule has 3 nitrogen and oxygen atoms in total. The van der Waals surface area contributed by atoms with Crippen LogP contribution in [0.4, 0.5) is 0 Å². The first-order valence-electron chi connectivity index (χ1n) is 6.27. The first-order chi connectivity index (χ1) is 8.24. The maximum Gasteiger partial charge on any atom is 0.158 e. The molecule has 0 aromatic carbocycles. The van der Waals surface area contributed by atoms with E-state index in [-0.39, 0.29) is 0 Å². The van der Waals surface area contributed by atoms with Crippen LogP contribution in [0.5, 0.6) is 0 Å². The fraction of sp³-hybridized carbons (Fsp3) is 0.538. The summed E-state index contributed by atoms with van der Waals surface area (Å²) in [7, 11) is 0. The van der Waals surface area contributed by atoms with Crippen LogP contribution in [-0.4, -0.2) is 15.0 Å². The van der Waals surface area contributed by atoms with E-state index < -0.39 is 0 Å². The fourth-order valence-electron chi connectivity index (χ4n) is 2.72. The molecular weight excluding hydrogens is 234 g/mol. The SMILES string of the molecule is Cc1nc(Cl)c2nc(C3CCCCC3)cc-2[nH]1. The Morgan fingerprint density at radius 2 is 2.00 bits per heavy atom. The molecule has 0 aromatic heterocycles. The highest BCUT2D eigenvalue weighted by Crippen LogP contribution is 2.36. The summed E-state index contributed by atoms with van der Waals surface area (Å²) >= 11 is 6.12. The van der Waals surface area contributed by atoms with Crippen LogP contribution in [0.25, 0.3) is 11.4 Å². The Morgan fingerprint density at radius 3 is 2.76 bits per heavy atom. The number of H-pyrrole nitrogens is 1. The van der Waals surface area contributed by atoms with Gasteiger partial charge in [-0.25, -0.2) is 9.97 Å². The summed E-state index contributed by atoms with van der Waals surface area (Å²) in [5.41, 5.74) is 3.02. The zero-order valence-corrected chi connectivity index (χ0v) is 10.7. The van der Waals surface area contributed by atoms with Crippen molar-refractivity contribution in [3.8, 4) is 11.4 Å². The topological polar surface area (TPSA) is 41.6 Å². The minimum atomic E-state index is 0.512. The van der Waals surface area contributed by atoms with Crippen LogP contribution in [-0.2, 0) is 0 Å². The van der Waals surface area contributed by atoms with E-state index in [4.69, 9.17) is 11.6 Å². The van der Waals surface area contributed by atoms with Crippen LogP contribution in [0.2, 0.25) is 5.15 Å². The predicted molar refractivity (Wildman–Crippen MR) is 68.6 cm³/mol. The number of halogens is 1. The van der Waals surface area contributed by atoms with Gasteiger partial charge < -0.3 is 4.98 Å². The summed E-state index contributed by atoms with van der Waals surface area (Å²) in [6, 6.07) is 2.14. The molecule has 0 bridgehead atoms. The lowest BCUT2D eigenvalue weighted by Gasteiger charge is -2.19. The third kappa shape index (κ3) is 2.04. The number of nitrogens with one attached hydrogen (secondary N) is 1. The lowest BCUT2D eigenvalue weighted by Crippen LogP contribution is -2.04. The van der Waals surface area contributed by atoms with E-state index in [2.05, 4.69) is 21.0 Å². The monoisotopic (exact) mass is 249 g/mol. The first kappa shape index (κ1) is 11.0. The third-order valence-corrected chi connectivity index (χ3v) is 3.85. The van der Waals surface area contributed by atoms with E-state index >= 15 is 0 Å². The molecule has 1 fully saturated rings. The largest absolute Gasteiger partial charge is 0.342 e. The molecular formula is C13H16ClN3. The Morgan fingerprint density at radius 1 is 1.24 bits per heavy atom. The maximum absolute atomic E-state index is 6.12. The van der Waals surface area contributed by atoms with Gasteiger partial charge in [-0.15, -0.1) is 0 Å². The van der Waals surface area contributed by atoms with Crippen LogP contribution >= 0.6 is 11.6 Å². The van der Waals surface area contributed by atoms with E-state index in [1.54, 1.807) is 0 Å². The normalized spacial score (nSPS) is 17.8. The molecule has 3 rings (SSSR count). The van der Waals surface area contributed by atoms with Gasteiger partial charge >= 0.3 is 0 Å².